The van der Waals surface area contributed by atoms with Crippen LogP contribution in [-0.4, -0.2) is 45.0 Å². The SMILES string of the molecule is O=C(COc1ccccc1)N1CC[C@@H](n2c(=O)[nH]c3cccnc32)C1. The minimum atomic E-state index is -0.187. The quantitative estimate of drug-likeness (QED) is 0.783. The van der Waals surface area contributed by atoms with Gasteiger partial charge in [0, 0.05) is 19.3 Å². The molecule has 1 N–H and O–H groups in total. The number of para-hydroxylation sites is 1. The van der Waals surface area contributed by atoms with Gasteiger partial charge in [-0.1, -0.05) is 18.2 Å². The number of aromatic nitrogens is 3. The smallest absolute Gasteiger partial charge is 0.327 e. The number of aromatic amines is 1. The third kappa shape index (κ3) is 3.00. The van der Waals surface area contributed by atoms with Gasteiger partial charge in [0.1, 0.15) is 5.75 Å². The van der Waals surface area contributed by atoms with E-state index in [1.54, 1.807) is 21.7 Å². The first kappa shape index (κ1) is 15.4. The number of nitrogens with zero attached hydrogens (tertiary/aromatic N) is 3. The Labute approximate surface area is 143 Å². The highest BCUT2D eigenvalue weighted by Gasteiger charge is 2.29. The van der Waals surface area contributed by atoms with Crippen molar-refractivity contribution in [1.29, 1.82) is 0 Å². The molecule has 7 nitrogen and oxygen atoms in total. The zero-order valence-electron chi connectivity index (χ0n) is 13.6. The molecule has 1 amide bonds. The van der Waals surface area contributed by atoms with Crippen LogP contribution in [-0.2, 0) is 4.79 Å². The predicted octanol–water partition coefficient (Wildman–Crippen LogP) is 1.58. The van der Waals surface area contributed by atoms with Crippen LogP contribution < -0.4 is 10.4 Å². The van der Waals surface area contributed by atoms with Gasteiger partial charge in [0.25, 0.3) is 5.91 Å². The van der Waals surface area contributed by atoms with Crippen molar-refractivity contribution in [3.05, 3.63) is 59.1 Å². The molecule has 0 radical (unpaired) electrons. The molecule has 1 aliphatic heterocycles. The van der Waals surface area contributed by atoms with Gasteiger partial charge < -0.3 is 14.6 Å². The minimum absolute atomic E-state index is 0.00222. The number of amides is 1. The molecule has 0 bridgehead atoms. The van der Waals surface area contributed by atoms with Crippen LogP contribution in [0.3, 0.4) is 0 Å². The number of carbonyl (C=O) groups excluding carboxylic acids is 1. The van der Waals surface area contributed by atoms with Crippen LogP contribution in [0.1, 0.15) is 12.5 Å². The number of likely N-dealkylation sites (tertiary alicyclic amines) is 1. The summed E-state index contributed by atoms with van der Waals surface area (Å²) < 4.78 is 7.18. The molecule has 1 aliphatic rings. The van der Waals surface area contributed by atoms with Crippen LogP contribution >= 0.6 is 0 Å². The van der Waals surface area contributed by atoms with Gasteiger partial charge in [0.15, 0.2) is 12.3 Å². The summed E-state index contributed by atoms with van der Waals surface area (Å²) in [6, 6.07) is 12.8. The first-order chi connectivity index (χ1) is 12.2. The summed E-state index contributed by atoms with van der Waals surface area (Å²) in [7, 11) is 0. The van der Waals surface area contributed by atoms with E-state index in [0.717, 1.165) is 6.42 Å². The number of hydrogen-bond acceptors (Lipinski definition) is 4. The highest BCUT2D eigenvalue weighted by atomic mass is 16.5. The zero-order valence-corrected chi connectivity index (χ0v) is 13.6. The topological polar surface area (TPSA) is 80.2 Å². The molecule has 0 saturated carbocycles. The molecule has 1 fully saturated rings. The lowest BCUT2D eigenvalue weighted by atomic mass is 10.2. The molecule has 0 unspecified atom stereocenters. The van der Waals surface area contributed by atoms with Gasteiger partial charge >= 0.3 is 5.69 Å². The maximum absolute atomic E-state index is 12.4. The molecule has 1 saturated heterocycles. The standard InChI is InChI=1S/C18H18N4O3/c23-16(12-25-14-5-2-1-3-6-14)21-10-8-13(11-21)22-17-15(20-18(22)24)7-4-9-19-17/h1-7,9,13H,8,10-12H2,(H,20,24)/t13-/m1/s1. The average molecular weight is 338 g/mol. The molecular formula is C18H18N4O3. The number of nitrogens with one attached hydrogen (secondary N) is 1. The van der Waals surface area contributed by atoms with Gasteiger partial charge in [0.05, 0.1) is 11.6 Å². The van der Waals surface area contributed by atoms with E-state index in [9.17, 15) is 9.59 Å². The number of benzene rings is 1. The van der Waals surface area contributed by atoms with Gasteiger partial charge in [0.2, 0.25) is 0 Å². The predicted molar refractivity (Wildman–Crippen MR) is 92.5 cm³/mol. The molecule has 4 rings (SSSR count). The third-order valence-corrected chi connectivity index (χ3v) is 4.46. The van der Waals surface area contributed by atoms with E-state index in [-0.39, 0.29) is 24.2 Å². The lowest BCUT2D eigenvalue weighted by molar-refractivity contribution is -0.132. The Morgan fingerprint density at radius 3 is 2.92 bits per heavy atom. The second kappa shape index (κ2) is 6.43. The summed E-state index contributed by atoms with van der Waals surface area (Å²) in [6.07, 6.45) is 2.39. The van der Waals surface area contributed by atoms with Crippen LogP contribution in [0.2, 0.25) is 0 Å². The maximum atomic E-state index is 12.4. The van der Waals surface area contributed by atoms with Crippen LogP contribution in [0.4, 0.5) is 0 Å². The van der Waals surface area contributed by atoms with Gasteiger partial charge in [-0.05, 0) is 30.7 Å². The van der Waals surface area contributed by atoms with Gasteiger partial charge in [-0.25, -0.2) is 9.78 Å². The molecule has 25 heavy (non-hydrogen) atoms. The lowest BCUT2D eigenvalue weighted by Crippen LogP contribution is -2.34. The molecule has 0 aliphatic carbocycles. The third-order valence-electron chi connectivity index (χ3n) is 4.46. The van der Waals surface area contributed by atoms with Gasteiger partial charge in [-0.2, -0.15) is 0 Å². The Morgan fingerprint density at radius 2 is 2.08 bits per heavy atom. The fourth-order valence-electron chi connectivity index (χ4n) is 3.23. The normalized spacial score (nSPS) is 17.1. The van der Waals surface area contributed by atoms with E-state index in [1.165, 1.54) is 0 Å². The number of imidazole rings is 1. The number of H-pyrrole nitrogens is 1. The van der Waals surface area contributed by atoms with Crippen molar-refractivity contribution in [1.82, 2.24) is 19.4 Å². The van der Waals surface area contributed by atoms with E-state index in [2.05, 4.69) is 9.97 Å². The number of hydrogen-bond donors (Lipinski definition) is 1. The zero-order chi connectivity index (χ0) is 17.2. The number of carbonyl (C=O) groups is 1. The Morgan fingerprint density at radius 1 is 1.24 bits per heavy atom. The van der Waals surface area contributed by atoms with E-state index >= 15 is 0 Å². The van der Waals surface area contributed by atoms with Crippen molar-refractivity contribution < 1.29 is 9.53 Å². The summed E-state index contributed by atoms with van der Waals surface area (Å²) in [4.78, 5) is 33.5. The van der Waals surface area contributed by atoms with Crippen molar-refractivity contribution >= 4 is 17.1 Å². The molecule has 3 heterocycles. The van der Waals surface area contributed by atoms with E-state index < -0.39 is 0 Å². The molecule has 1 aromatic carbocycles. The molecule has 128 valence electrons. The first-order valence-electron chi connectivity index (χ1n) is 8.23. The summed E-state index contributed by atoms with van der Waals surface area (Å²) >= 11 is 0. The second-order valence-electron chi connectivity index (χ2n) is 6.06. The lowest BCUT2D eigenvalue weighted by Gasteiger charge is -2.17. The summed E-state index contributed by atoms with van der Waals surface area (Å²) in [6.45, 7) is 1.09. The summed E-state index contributed by atoms with van der Waals surface area (Å²) in [5, 5.41) is 0. The fraction of sp³-hybridized carbons (Fsp3) is 0.278. The minimum Gasteiger partial charge on any atom is -0.484 e. The van der Waals surface area contributed by atoms with E-state index in [4.69, 9.17) is 4.74 Å². The number of ether oxygens (including phenoxy) is 1. The summed E-state index contributed by atoms with van der Waals surface area (Å²) in [5.41, 5.74) is 1.16. The molecule has 2 aromatic heterocycles. The van der Waals surface area contributed by atoms with Crippen LogP contribution in [0.5, 0.6) is 5.75 Å². The summed E-state index contributed by atoms with van der Waals surface area (Å²) in [5.74, 6) is 0.593. The number of fused-ring (bicyclic) bond motifs is 1. The van der Waals surface area contributed by atoms with Crippen LogP contribution in [0.15, 0.2) is 53.5 Å². The highest BCUT2D eigenvalue weighted by Crippen LogP contribution is 2.23. The van der Waals surface area contributed by atoms with Crippen LogP contribution in [0, 0.1) is 0 Å². The van der Waals surface area contributed by atoms with Crippen LogP contribution in [0.25, 0.3) is 11.2 Å². The molecule has 1 atom stereocenters. The first-order valence-corrected chi connectivity index (χ1v) is 8.23. The molecule has 7 heteroatoms. The Kier molecular flexibility index (Phi) is 3.97. The van der Waals surface area contributed by atoms with Crippen molar-refractivity contribution in [2.45, 2.75) is 12.5 Å². The van der Waals surface area contributed by atoms with Gasteiger partial charge in [-0.3, -0.25) is 9.36 Å². The van der Waals surface area contributed by atoms with Crippen molar-refractivity contribution in [2.24, 2.45) is 0 Å². The van der Waals surface area contributed by atoms with E-state index in [1.807, 2.05) is 36.4 Å². The fourth-order valence-corrected chi connectivity index (χ4v) is 3.23. The van der Waals surface area contributed by atoms with E-state index in [0.29, 0.717) is 30.0 Å². The van der Waals surface area contributed by atoms with Crippen molar-refractivity contribution in [3.63, 3.8) is 0 Å². The maximum Gasteiger partial charge on any atom is 0.327 e. The highest BCUT2D eigenvalue weighted by molar-refractivity contribution is 5.78. The largest absolute Gasteiger partial charge is 0.484 e. The Hall–Kier alpha value is -3.09. The number of rotatable bonds is 4. The average Bonchev–Trinajstić information content (AvgIpc) is 3.24. The Balaban J connectivity index is 1.45. The Bertz CT molecular complexity index is 948. The van der Waals surface area contributed by atoms with Gasteiger partial charge in [-0.15, -0.1) is 0 Å². The number of pyridine rings is 1. The van der Waals surface area contributed by atoms with Crippen molar-refractivity contribution in [3.8, 4) is 5.75 Å². The molecule has 0 spiro atoms. The molecule has 3 aromatic rings. The monoisotopic (exact) mass is 338 g/mol. The van der Waals surface area contributed by atoms with Crippen molar-refractivity contribution in [2.75, 3.05) is 19.7 Å². The second-order valence-corrected chi connectivity index (χ2v) is 6.06. The molecular weight excluding hydrogens is 320 g/mol.